The molecule has 0 saturated carbocycles. The van der Waals surface area contributed by atoms with E-state index in [0.29, 0.717) is 13.0 Å². The molecule has 1 aliphatic heterocycles. The topological polar surface area (TPSA) is 109 Å². The Morgan fingerprint density at radius 1 is 1.31 bits per heavy atom. The van der Waals surface area contributed by atoms with Gasteiger partial charge in [-0.3, -0.25) is 9.59 Å². The number of carboxylic acid groups (broad SMARTS) is 1. The molecule has 0 bridgehead atoms. The van der Waals surface area contributed by atoms with E-state index in [0.717, 1.165) is 16.8 Å². The fraction of sp³-hybridized carbons (Fsp3) is 0.353. The maximum Gasteiger partial charge on any atom is 0.358 e. The molecular formula is C17H19N5O4. The summed E-state index contributed by atoms with van der Waals surface area (Å²) in [5.74, 6) is -1.67. The molecule has 1 aliphatic rings. The van der Waals surface area contributed by atoms with Crippen LogP contribution in [0.3, 0.4) is 0 Å². The van der Waals surface area contributed by atoms with Crippen molar-refractivity contribution < 1.29 is 19.5 Å². The third-order valence-electron chi connectivity index (χ3n) is 4.39. The first-order valence-corrected chi connectivity index (χ1v) is 8.23. The van der Waals surface area contributed by atoms with Gasteiger partial charge in [-0.15, -0.1) is 5.10 Å². The number of anilines is 1. The highest BCUT2D eigenvalue weighted by molar-refractivity contribution is 5.99. The van der Waals surface area contributed by atoms with Crippen LogP contribution in [-0.2, 0) is 16.1 Å². The van der Waals surface area contributed by atoms with E-state index in [1.807, 2.05) is 30.3 Å². The van der Waals surface area contributed by atoms with Crippen LogP contribution in [0.4, 0.5) is 5.69 Å². The lowest BCUT2D eigenvalue weighted by Gasteiger charge is -2.36. The van der Waals surface area contributed by atoms with Gasteiger partial charge in [-0.1, -0.05) is 23.4 Å². The molecule has 3 rings (SSSR count). The molecule has 9 nitrogen and oxygen atoms in total. The van der Waals surface area contributed by atoms with Gasteiger partial charge in [-0.25, -0.2) is 9.48 Å². The van der Waals surface area contributed by atoms with E-state index < -0.39 is 12.0 Å². The number of hydrogen-bond donors (Lipinski definition) is 1. The van der Waals surface area contributed by atoms with E-state index in [2.05, 4.69) is 10.3 Å². The Kier molecular flexibility index (Phi) is 4.97. The van der Waals surface area contributed by atoms with Crippen molar-refractivity contribution in [1.29, 1.82) is 0 Å². The predicted octanol–water partition coefficient (Wildman–Crippen LogP) is 0.630. The summed E-state index contributed by atoms with van der Waals surface area (Å²) in [5.41, 5.74) is 0.579. The number of carboxylic acids is 1. The fourth-order valence-electron chi connectivity index (χ4n) is 2.98. The van der Waals surface area contributed by atoms with Crippen LogP contribution in [0.2, 0.25) is 0 Å². The highest BCUT2D eigenvalue weighted by atomic mass is 16.4. The second-order valence-corrected chi connectivity index (χ2v) is 6.09. The van der Waals surface area contributed by atoms with Gasteiger partial charge in [0.2, 0.25) is 11.8 Å². The van der Waals surface area contributed by atoms with E-state index in [1.54, 1.807) is 11.9 Å². The molecule has 1 aromatic carbocycles. The molecule has 1 aromatic heterocycles. The van der Waals surface area contributed by atoms with Gasteiger partial charge < -0.3 is 14.9 Å². The molecule has 1 fully saturated rings. The van der Waals surface area contributed by atoms with Crippen LogP contribution in [-0.4, -0.2) is 62.4 Å². The minimum absolute atomic E-state index is 0.122. The van der Waals surface area contributed by atoms with E-state index in [-0.39, 0.29) is 24.1 Å². The molecule has 1 saturated heterocycles. The number of aromatic carboxylic acids is 1. The normalized spacial score (nSPS) is 17.2. The van der Waals surface area contributed by atoms with Gasteiger partial charge in [0, 0.05) is 19.3 Å². The number of amides is 2. The molecule has 2 heterocycles. The third kappa shape index (κ3) is 3.56. The number of hydrogen-bond acceptors (Lipinski definition) is 5. The Hall–Kier alpha value is -3.23. The first-order chi connectivity index (χ1) is 12.5. The number of carbonyl (C=O) groups is 3. The average molecular weight is 357 g/mol. The van der Waals surface area contributed by atoms with Crippen LogP contribution in [0.25, 0.3) is 0 Å². The molecule has 0 radical (unpaired) electrons. The third-order valence-corrected chi connectivity index (χ3v) is 4.39. The van der Waals surface area contributed by atoms with Crippen molar-refractivity contribution in [3.05, 3.63) is 42.2 Å². The number of para-hydroxylation sites is 1. The molecule has 2 amide bonds. The molecule has 0 aliphatic carbocycles. The van der Waals surface area contributed by atoms with E-state index >= 15 is 0 Å². The Bertz CT molecular complexity index is 820. The van der Waals surface area contributed by atoms with Crippen molar-refractivity contribution in [3.63, 3.8) is 0 Å². The van der Waals surface area contributed by atoms with Crippen LogP contribution >= 0.6 is 0 Å². The standard InChI is InChI=1S/C17H19N5O4/c1-20(15(23)11-21-10-13(17(25)26)18-19-21)14-8-5-9-22(16(14)24)12-6-3-2-4-7-12/h2-4,6-7,10,14H,5,8-9,11H2,1H3,(H,25,26). The quantitative estimate of drug-likeness (QED) is 0.841. The zero-order valence-corrected chi connectivity index (χ0v) is 14.3. The van der Waals surface area contributed by atoms with E-state index in [4.69, 9.17) is 5.11 Å². The number of rotatable bonds is 5. The predicted molar refractivity (Wildman–Crippen MR) is 91.6 cm³/mol. The second-order valence-electron chi connectivity index (χ2n) is 6.09. The SMILES string of the molecule is CN(C(=O)Cn1cc(C(=O)O)nn1)C1CCCN(c2ccccc2)C1=O. The summed E-state index contributed by atoms with van der Waals surface area (Å²) >= 11 is 0. The summed E-state index contributed by atoms with van der Waals surface area (Å²) in [6, 6.07) is 8.79. The van der Waals surface area contributed by atoms with E-state index in [9.17, 15) is 14.4 Å². The lowest BCUT2D eigenvalue weighted by Crippen LogP contribution is -2.53. The zero-order valence-electron chi connectivity index (χ0n) is 14.3. The summed E-state index contributed by atoms with van der Waals surface area (Å²) in [4.78, 5) is 39.3. The first kappa shape index (κ1) is 17.6. The van der Waals surface area contributed by atoms with Gasteiger partial charge in [0.05, 0.1) is 6.20 Å². The van der Waals surface area contributed by atoms with Gasteiger partial charge in [-0.2, -0.15) is 0 Å². The summed E-state index contributed by atoms with van der Waals surface area (Å²) in [7, 11) is 1.58. The molecule has 26 heavy (non-hydrogen) atoms. The summed E-state index contributed by atoms with van der Waals surface area (Å²) in [6.45, 7) is 0.443. The maximum atomic E-state index is 12.8. The fourth-order valence-corrected chi connectivity index (χ4v) is 2.98. The molecule has 9 heteroatoms. The second kappa shape index (κ2) is 7.34. The van der Waals surface area contributed by atoms with Crippen LogP contribution in [0, 0.1) is 0 Å². The van der Waals surface area contributed by atoms with Crippen molar-refractivity contribution >= 4 is 23.5 Å². The largest absolute Gasteiger partial charge is 0.476 e. The van der Waals surface area contributed by atoms with Gasteiger partial charge in [-0.05, 0) is 25.0 Å². The molecule has 136 valence electrons. The van der Waals surface area contributed by atoms with Crippen LogP contribution < -0.4 is 4.90 Å². The monoisotopic (exact) mass is 357 g/mol. The zero-order chi connectivity index (χ0) is 18.7. The summed E-state index contributed by atoms with van der Waals surface area (Å²) < 4.78 is 1.16. The van der Waals surface area contributed by atoms with Crippen LogP contribution in [0.5, 0.6) is 0 Å². The minimum atomic E-state index is -1.21. The van der Waals surface area contributed by atoms with Gasteiger partial charge in [0.25, 0.3) is 0 Å². The molecule has 0 spiro atoms. The van der Waals surface area contributed by atoms with Gasteiger partial charge in [0.15, 0.2) is 5.69 Å². The molecular weight excluding hydrogens is 338 g/mol. The lowest BCUT2D eigenvalue weighted by molar-refractivity contribution is -0.139. The van der Waals surface area contributed by atoms with Crippen molar-refractivity contribution in [3.8, 4) is 0 Å². The average Bonchev–Trinajstić information content (AvgIpc) is 3.11. The van der Waals surface area contributed by atoms with Crippen LogP contribution in [0.15, 0.2) is 36.5 Å². The summed E-state index contributed by atoms with van der Waals surface area (Å²) in [6.07, 6.45) is 2.56. The lowest BCUT2D eigenvalue weighted by atomic mass is 10.0. The number of piperidine rings is 1. The molecule has 1 unspecified atom stereocenters. The molecule has 1 atom stereocenters. The van der Waals surface area contributed by atoms with Crippen molar-refractivity contribution in [2.45, 2.75) is 25.4 Å². The Balaban J connectivity index is 1.69. The van der Waals surface area contributed by atoms with Gasteiger partial charge >= 0.3 is 5.97 Å². The molecule has 1 N–H and O–H groups in total. The number of likely N-dealkylation sites (N-methyl/N-ethyl adjacent to an activating group) is 1. The smallest absolute Gasteiger partial charge is 0.358 e. The number of benzene rings is 1. The maximum absolute atomic E-state index is 12.8. The Morgan fingerprint density at radius 2 is 2.04 bits per heavy atom. The van der Waals surface area contributed by atoms with E-state index in [1.165, 1.54) is 11.1 Å². The van der Waals surface area contributed by atoms with Crippen molar-refractivity contribution in [2.24, 2.45) is 0 Å². The highest BCUT2D eigenvalue weighted by Crippen LogP contribution is 2.23. The first-order valence-electron chi connectivity index (χ1n) is 8.23. The number of carbonyl (C=O) groups excluding carboxylic acids is 2. The summed E-state index contributed by atoms with van der Waals surface area (Å²) in [5, 5.41) is 16.0. The van der Waals surface area contributed by atoms with Crippen molar-refractivity contribution in [1.82, 2.24) is 19.9 Å². The Labute approximate surface area is 149 Å². The molecule has 2 aromatic rings. The van der Waals surface area contributed by atoms with Crippen molar-refractivity contribution in [2.75, 3.05) is 18.5 Å². The number of nitrogens with zero attached hydrogens (tertiary/aromatic N) is 5. The van der Waals surface area contributed by atoms with Gasteiger partial charge in [0.1, 0.15) is 12.6 Å². The minimum Gasteiger partial charge on any atom is -0.476 e. The van der Waals surface area contributed by atoms with Crippen LogP contribution in [0.1, 0.15) is 23.3 Å². The highest BCUT2D eigenvalue weighted by Gasteiger charge is 2.34. The Morgan fingerprint density at radius 3 is 2.69 bits per heavy atom. The number of aromatic nitrogens is 3.